The Labute approximate surface area is 316 Å². The number of aromatic nitrogens is 3. The van der Waals surface area contributed by atoms with Gasteiger partial charge >= 0.3 is 0 Å². The highest BCUT2D eigenvalue weighted by atomic mass is 15.1. The van der Waals surface area contributed by atoms with Crippen LogP contribution in [-0.4, -0.2) is 13.7 Å². The highest BCUT2D eigenvalue weighted by Gasteiger charge is 2.24. The molecular formula is C50H29N5. The maximum Gasteiger partial charge on any atom is 0.103 e. The average Bonchev–Trinajstić information content (AvgIpc) is 3.88. The lowest BCUT2D eigenvalue weighted by Gasteiger charge is -2.19. The van der Waals surface area contributed by atoms with Gasteiger partial charge in [0.15, 0.2) is 0 Å². The van der Waals surface area contributed by atoms with Gasteiger partial charge in [-0.05, 0) is 77.9 Å². The van der Waals surface area contributed by atoms with Gasteiger partial charge in [-0.15, -0.1) is 0 Å². The number of hydrogen-bond acceptors (Lipinski definition) is 2. The lowest BCUT2D eigenvalue weighted by molar-refractivity contribution is 1.08. The van der Waals surface area contributed by atoms with E-state index < -0.39 is 0 Å². The molecule has 0 fully saturated rings. The summed E-state index contributed by atoms with van der Waals surface area (Å²) in [4.78, 5) is 0. The number of fused-ring (bicyclic) bond motifs is 9. The summed E-state index contributed by atoms with van der Waals surface area (Å²) in [7, 11) is 0. The molecule has 0 aliphatic heterocycles. The summed E-state index contributed by atoms with van der Waals surface area (Å²) in [6, 6.07) is 66.1. The fraction of sp³-hybridized carbons (Fsp3) is 0. The molecule has 0 N–H and O–H groups in total. The Morgan fingerprint density at radius 3 is 1.45 bits per heavy atom. The Bertz CT molecular complexity index is 3400. The standard InChI is InChI=1S/C50H29N5/c51-30-34-24-27-48(50(42(34)31-52)55-45-20-10-5-14-36(45)37-15-6-11-21-46(37)55)54-44-19-9-7-17-39(44)41-28-32(23-26-47(41)54)33-22-25-40-38-16-4-8-18-43(38)53(49(40)29-33)35-12-2-1-3-13-35/h1-29H. The monoisotopic (exact) mass is 699 g/mol. The van der Waals surface area contributed by atoms with E-state index in [4.69, 9.17) is 0 Å². The summed E-state index contributed by atoms with van der Waals surface area (Å²) in [5.41, 5.74) is 11.9. The van der Waals surface area contributed by atoms with Crippen molar-refractivity contribution in [3.8, 4) is 40.3 Å². The van der Waals surface area contributed by atoms with Crippen LogP contribution >= 0.6 is 0 Å². The molecule has 0 spiro atoms. The van der Waals surface area contributed by atoms with Crippen LogP contribution in [0.4, 0.5) is 0 Å². The van der Waals surface area contributed by atoms with E-state index >= 15 is 0 Å². The van der Waals surface area contributed by atoms with Gasteiger partial charge in [-0.1, -0.05) is 109 Å². The molecule has 55 heavy (non-hydrogen) atoms. The van der Waals surface area contributed by atoms with E-state index in [1.165, 1.54) is 16.3 Å². The van der Waals surface area contributed by atoms with E-state index in [9.17, 15) is 10.5 Å². The first-order chi connectivity index (χ1) is 27.2. The number of para-hydroxylation sites is 5. The highest BCUT2D eigenvalue weighted by Crippen LogP contribution is 2.42. The van der Waals surface area contributed by atoms with Crippen LogP contribution in [0.15, 0.2) is 176 Å². The smallest absolute Gasteiger partial charge is 0.103 e. The minimum Gasteiger partial charge on any atom is -0.309 e. The van der Waals surface area contributed by atoms with Crippen LogP contribution in [0.3, 0.4) is 0 Å². The largest absolute Gasteiger partial charge is 0.309 e. The van der Waals surface area contributed by atoms with Crippen LogP contribution in [0.2, 0.25) is 0 Å². The Morgan fingerprint density at radius 2 is 0.836 bits per heavy atom. The Hall–Kier alpha value is -7.86. The maximum atomic E-state index is 10.8. The molecule has 11 rings (SSSR count). The van der Waals surface area contributed by atoms with Crippen molar-refractivity contribution >= 4 is 65.4 Å². The summed E-state index contributed by atoms with van der Waals surface area (Å²) in [5.74, 6) is 0. The van der Waals surface area contributed by atoms with Crippen LogP contribution in [0.5, 0.6) is 0 Å². The molecule has 254 valence electrons. The predicted molar refractivity (Wildman–Crippen MR) is 224 cm³/mol. The first-order valence-corrected chi connectivity index (χ1v) is 18.3. The van der Waals surface area contributed by atoms with Gasteiger partial charge in [-0.25, -0.2) is 0 Å². The minimum atomic E-state index is 0.342. The molecule has 8 aromatic carbocycles. The first-order valence-electron chi connectivity index (χ1n) is 18.3. The van der Waals surface area contributed by atoms with Gasteiger partial charge in [0.2, 0.25) is 0 Å². The molecule has 0 aliphatic rings. The zero-order valence-corrected chi connectivity index (χ0v) is 29.5. The summed E-state index contributed by atoms with van der Waals surface area (Å²) >= 11 is 0. The van der Waals surface area contributed by atoms with Crippen LogP contribution in [-0.2, 0) is 0 Å². The molecule has 3 heterocycles. The quantitative estimate of drug-likeness (QED) is 0.184. The fourth-order valence-corrected chi connectivity index (χ4v) is 8.77. The van der Waals surface area contributed by atoms with Crippen molar-refractivity contribution < 1.29 is 0 Å². The molecule has 0 unspecified atom stereocenters. The molecular weight excluding hydrogens is 671 g/mol. The van der Waals surface area contributed by atoms with Crippen molar-refractivity contribution in [1.82, 2.24) is 13.7 Å². The van der Waals surface area contributed by atoms with Crippen molar-refractivity contribution in [3.63, 3.8) is 0 Å². The molecule has 0 saturated heterocycles. The summed E-state index contributed by atoms with van der Waals surface area (Å²) < 4.78 is 6.77. The van der Waals surface area contributed by atoms with Crippen molar-refractivity contribution in [1.29, 1.82) is 10.5 Å². The topological polar surface area (TPSA) is 62.4 Å². The Balaban J connectivity index is 1.18. The van der Waals surface area contributed by atoms with Gasteiger partial charge in [-0.3, -0.25) is 0 Å². The molecule has 0 aliphatic carbocycles. The van der Waals surface area contributed by atoms with Gasteiger partial charge in [-0.2, -0.15) is 10.5 Å². The van der Waals surface area contributed by atoms with Gasteiger partial charge in [0.25, 0.3) is 0 Å². The SMILES string of the molecule is N#Cc1ccc(-n2c3ccccc3c3cc(-c4ccc5c6ccccc6n(-c6ccccc6)c5c4)ccc32)c(-n2c3ccccc3c3ccccc32)c1C#N. The molecule has 0 radical (unpaired) electrons. The first kappa shape index (κ1) is 30.7. The molecule has 5 heteroatoms. The molecule has 0 amide bonds. The van der Waals surface area contributed by atoms with E-state index in [0.717, 1.165) is 71.6 Å². The van der Waals surface area contributed by atoms with E-state index in [1.807, 2.05) is 30.3 Å². The molecule has 0 atom stereocenters. The van der Waals surface area contributed by atoms with Gasteiger partial charge in [0.1, 0.15) is 12.1 Å². The number of nitrogens with zero attached hydrogens (tertiary/aromatic N) is 5. The second-order valence-corrected chi connectivity index (χ2v) is 14.0. The van der Waals surface area contributed by atoms with Gasteiger partial charge < -0.3 is 13.7 Å². The van der Waals surface area contributed by atoms with Crippen LogP contribution < -0.4 is 0 Å². The molecule has 5 nitrogen and oxygen atoms in total. The van der Waals surface area contributed by atoms with E-state index in [2.05, 4.69) is 165 Å². The third-order valence-electron chi connectivity index (χ3n) is 11.1. The second kappa shape index (κ2) is 11.8. The Kier molecular flexibility index (Phi) is 6.61. The third-order valence-corrected chi connectivity index (χ3v) is 11.1. The molecule has 11 aromatic rings. The van der Waals surface area contributed by atoms with Gasteiger partial charge in [0, 0.05) is 38.0 Å². The summed E-state index contributed by atoms with van der Waals surface area (Å²) in [5, 5.41) is 27.9. The molecule has 3 aromatic heterocycles. The lowest BCUT2D eigenvalue weighted by atomic mass is 10.0. The number of nitriles is 2. The second-order valence-electron chi connectivity index (χ2n) is 14.0. The van der Waals surface area contributed by atoms with Crippen LogP contribution in [0.1, 0.15) is 11.1 Å². The van der Waals surface area contributed by atoms with E-state index in [0.29, 0.717) is 16.8 Å². The maximum absolute atomic E-state index is 10.8. The van der Waals surface area contributed by atoms with E-state index in [-0.39, 0.29) is 0 Å². The normalized spacial score (nSPS) is 11.6. The third kappa shape index (κ3) is 4.39. The summed E-state index contributed by atoms with van der Waals surface area (Å²) in [6.07, 6.45) is 0. The molecule has 0 saturated carbocycles. The summed E-state index contributed by atoms with van der Waals surface area (Å²) in [6.45, 7) is 0. The zero-order valence-electron chi connectivity index (χ0n) is 29.5. The van der Waals surface area contributed by atoms with Gasteiger partial charge in [0.05, 0.1) is 55.6 Å². The predicted octanol–water partition coefficient (Wildman–Crippen LogP) is 12.4. The molecule has 0 bridgehead atoms. The minimum absolute atomic E-state index is 0.342. The number of hydrogen-bond donors (Lipinski definition) is 0. The highest BCUT2D eigenvalue weighted by molar-refractivity contribution is 6.14. The lowest BCUT2D eigenvalue weighted by Crippen LogP contribution is -2.07. The number of benzene rings is 8. The van der Waals surface area contributed by atoms with E-state index in [1.54, 1.807) is 6.07 Å². The number of rotatable bonds is 4. The van der Waals surface area contributed by atoms with Crippen LogP contribution in [0.25, 0.3) is 93.6 Å². The van der Waals surface area contributed by atoms with Crippen LogP contribution in [0, 0.1) is 22.7 Å². The Morgan fingerprint density at radius 1 is 0.345 bits per heavy atom. The fourth-order valence-electron chi connectivity index (χ4n) is 8.77. The average molecular weight is 700 g/mol. The zero-order chi connectivity index (χ0) is 36.6. The van der Waals surface area contributed by atoms with Crippen molar-refractivity contribution in [2.75, 3.05) is 0 Å². The van der Waals surface area contributed by atoms with Crippen molar-refractivity contribution in [2.24, 2.45) is 0 Å². The van der Waals surface area contributed by atoms with Crippen molar-refractivity contribution in [3.05, 3.63) is 187 Å². The van der Waals surface area contributed by atoms with Crippen molar-refractivity contribution in [2.45, 2.75) is 0 Å².